The van der Waals surface area contributed by atoms with E-state index in [1.807, 2.05) is 71.3 Å². The lowest BCUT2D eigenvalue weighted by Gasteiger charge is -2.29. The first-order valence-electron chi connectivity index (χ1n) is 18.2. The maximum atomic E-state index is 13.8. The topological polar surface area (TPSA) is 176 Å². The lowest BCUT2D eigenvalue weighted by molar-refractivity contribution is -0.130. The summed E-state index contributed by atoms with van der Waals surface area (Å²) in [5, 5.41) is 22.9. The average Bonchev–Trinajstić information content (AvgIpc) is 3.68. The third kappa shape index (κ3) is 12.4. The summed E-state index contributed by atoms with van der Waals surface area (Å²) in [6.07, 6.45) is 5.43. The van der Waals surface area contributed by atoms with Gasteiger partial charge in [-0.1, -0.05) is 24.3 Å². The van der Waals surface area contributed by atoms with E-state index in [1.54, 1.807) is 30.5 Å². The Morgan fingerprint density at radius 2 is 1.72 bits per heavy atom. The molecule has 0 bridgehead atoms. The van der Waals surface area contributed by atoms with Crippen molar-refractivity contribution in [3.63, 3.8) is 0 Å². The fraction of sp³-hybridized carbons (Fsp3) is 0.462. The van der Waals surface area contributed by atoms with Gasteiger partial charge in [-0.25, -0.2) is 9.78 Å². The van der Waals surface area contributed by atoms with Crippen LogP contribution in [0.25, 0.3) is 22.5 Å². The van der Waals surface area contributed by atoms with Gasteiger partial charge in [0, 0.05) is 54.5 Å². The van der Waals surface area contributed by atoms with Crippen LogP contribution in [-0.4, -0.2) is 93.9 Å². The number of alkyl carbamates (subject to hydrolysis) is 1. The number of pyridine rings is 1. The minimum atomic E-state index is -0.836. The number of carbonyl (C=O) groups excluding carboxylic acids is 3. The maximum Gasteiger partial charge on any atom is 0.407 e. The zero-order valence-electron chi connectivity index (χ0n) is 31.2. The Morgan fingerprint density at radius 3 is 2.38 bits per heavy atom. The van der Waals surface area contributed by atoms with E-state index in [1.165, 1.54) is 0 Å². The van der Waals surface area contributed by atoms with E-state index in [4.69, 9.17) is 9.47 Å². The zero-order chi connectivity index (χ0) is 37.8. The molecule has 1 saturated carbocycles. The van der Waals surface area contributed by atoms with E-state index in [0.717, 1.165) is 48.1 Å². The molecular formula is C39H51N9O5. The van der Waals surface area contributed by atoms with Crippen LogP contribution in [0.3, 0.4) is 0 Å². The molecule has 282 valence electrons. The predicted molar refractivity (Wildman–Crippen MR) is 202 cm³/mol. The Labute approximate surface area is 310 Å². The van der Waals surface area contributed by atoms with Crippen LogP contribution in [0.2, 0.25) is 0 Å². The van der Waals surface area contributed by atoms with Crippen LogP contribution < -0.4 is 20.7 Å². The van der Waals surface area contributed by atoms with Gasteiger partial charge in [0.25, 0.3) is 0 Å². The number of benzene rings is 2. The van der Waals surface area contributed by atoms with Crippen molar-refractivity contribution in [2.24, 2.45) is 11.8 Å². The number of H-pyrrole nitrogens is 1. The summed E-state index contributed by atoms with van der Waals surface area (Å²) in [6.45, 7) is 7.51. The molecule has 1 atom stereocenters. The van der Waals surface area contributed by atoms with Gasteiger partial charge in [0.05, 0.1) is 6.61 Å². The highest BCUT2D eigenvalue weighted by Crippen LogP contribution is 2.29. The minimum Gasteiger partial charge on any atom is -0.478 e. The van der Waals surface area contributed by atoms with Crippen LogP contribution in [0.1, 0.15) is 58.4 Å². The van der Waals surface area contributed by atoms with Gasteiger partial charge < -0.3 is 30.3 Å². The highest BCUT2D eigenvalue weighted by Gasteiger charge is 2.30. The number of nitrogens with one attached hydrogen (secondary N) is 4. The van der Waals surface area contributed by atoms with Gasteiger partial charge in [0.1, 0.15) is 11.6 Å². The molecule has 53 heavy (non-hydrogen) atoms. The number of tetrazole rings is 1. The number of aromatic amines is 1. The molecule has 0 aliphatic heterocycles. The molecule has 2 aromatic carbocycles. The van der Waals surface area contributed by atoms with E-state index in [9.17, 15) is 14.4 Å². The number of rotatable bonds is 15. The number of carbonyl (C=O) groups is 3. The van der Waals surface area contributed by atoms with Crippen molar-refractivity contribution < 1.29 is 23.9 Å². The molecule has 1 aliphatic carbocycles. The second-order valence-corrected chi connectivity index (χ2v) is 14.8. The lowest BCUT2D eigenvalue weighted by atomic mass is 9.81. The van der Waals surface area contributed by atoms with Gasteiger partial charge >= 0.3 is 6.09 Å². The van der Waals surface area contributed by atoms with Gasteiger partial charge in [-0.05, 0) is 120 Å². The van der Waals surface area contributed by atoms with Crippen LogP contribution in [0.5, 0.6) is 5.88 Å². The fourth-order valence-corrected chi connectivity index (χ4v) is 6.19. The molecule has 1 aliphatic rings. The normalized spacial score (nSPS) is 16.4. The van der Waals surface area contributed by atoms with Crippen LogP contribution in [0.15, 0.2) is 66.9 Å². The van der Waals surface area contributed by atoms with Crippen molar-refractivity contribution in [3.8, 4) is 28.4 Å². The van der Waals surface area contributed by atoms with Crippen molar-refractivity contribution in [3.05, 3.63) is 72.4 Å². The van der Waals surface area contributed by atoms with Crippen LogP contribution in [-0.2, 0) is 20.7 Å². The van der Waals surface area contributed by atoms with Crippen molar-refractivity contribution in [1.29, 1.82) is 0 Å². The summed E-state index contributed by atoms with van der Waals surface area (Å²) in [6, 6.07) is 18.0. The second-order valence-electron chi connectivity index (χ2n) is 14.8. The van der Waals surface area contributed by atoms with Gasteiger partial charge in [-0.15, -0.1) is 10.2 Å². The molecule has 0 saturated heterocycles. The van der Waals surface area contributed by atoms with Gasteiger partial charge in [-0.3, -0.25) is 9.59 Å². The summed E-state index contributed by atoms with van der Waals surface area (Å²) in [4.78, 5) is 46.3. The van der Waals surface area contributed by atoms with Crippen LogP contribution in [0.4, 0.5) is 10.5 Å². The van der Waals surface area contributed by atoms with E-state index >= 15 is 0 Å². The molecular weight excluding hydrogens is 674 g/mol. The van der Waals surface area contributed by atoms with E-state index < -0.39 is 17.7 Å². The van der Waals surface area contributed by atoms with Gasteiger partial charge in [0.15, 0.2) is 0 Å². The van der Waals surface area contributed by atoms with Gasteiger partial charge in [0.2, 0.25) is 23.5 Å². The van der Waals surface area contributed by atoms with E-state index in [0.29, 0.717) is 43.4 Å². The second kappa shape index (κ2) is 18.4. The highest BCUT2D eigenvalue weighted by atomic mass is 16.6. The first-order valence-corrected chi connectivity index (χ1v) is 18.2. The third-order valence-corrected chi connectivity index (χ3v) is 8.98. The molecule has 1 fully saturated rings. The average molecular weight is 726 g/mol. The smallest absolute Gasteiger partial charge is 0.407 e. The Morgan fingerprint density at radius 1 is 0.962 bits per heavy atom. The summed E-state index contributed by atoms with van der Waals surface area (Å²) in [5.74, 6) is 0.546. The number of ether oxygens (including phenoxy) is 2. The zero-order valence-corrected chi connectivity index (χ0v) is 31.2. The van der Waals surface area contributed by atoms with Crippen molar-refractivity contribution in [2.75, 3.05) is 39.1 Å². The Hall–Kier alpha value is -5.37. The monoisotopic (exact) mass is 725 g/mol. The Bertz CT molecular complexity index is 1770. The Kier molecular flexibility index (Phi) is 13.5. The molecule has 14 heteroatoms. The molecule has 0 unspecified atom stereocenters. The predicted octanol–water partition coefficient (Wildman–Crippen LogP) is 5.26. The molecule has 5 rings (SSSR count). The molecule has 0 spiro atoms. The number of nitrogens with zero attached hydrogens (tertiary/aromatic N) is 5. The minimum absolute atomic E-state index is 0.155. The molecule has 4 aromatic rings. The molecule has 2 aromatic heterocycles. The van der Waals surface area contributed by atoms with Crippen LogP contribution >= 0.6 is 0 Å². The Balaban J connectivity index is 1.24. The molecule has 4 N–H and O–H groups in total. The number of hydrogen-bond donors (Lipinski definition) is 4. The van der Waals surface area contributed by atoms with Crippen molar-refractivity contribution in [2.45, 2.75) is 70.9 Å². The number of amides is 3. The van der Waals surface area contributed by atoms with E-state index in [2.05, 4.69) is 46.5 Å². The quantitative estimate of drug-likeness (QED) is 0.118. The first kappa shape index (κ1) is 38.9. The SMILES string of the molecule is CN(C)CCCOc1ccc(-c2cccc(C[C@H](NC(=O)C3CCC(CNC(=O)OC(C)(C)C)CC3)C(=O)Nc3ccc(-c4nn[nH]n4)cc3)c2)cn1. The summed E-state index contributed by atoms with van der Waals surface area (Å²) < 4.78 is 11.2. The standard InChI is InChI=1S/C39H51N9O5/c1-39(2,3)53-38(51)41-24-26-10-12-29(13-11-26)36(49)43-33(37(50)42-32-17-14-28(15-18-32)35-44-46-47-45-35)23-27-8-6-9-30(22-27)31-16-19-34(40-25-31)52-21-7-20-48(4)5/h6,8-9,14-19,22,25-26,29,33H,7,10-13,20-21,23-24H2,1-5H3,(H,41,51)(H,42,50)(H,43,49)(H,44,45,46,47)/t26?,29?,33-/m0/s1. The van der Waals surface area contributed by atoms with Gasteiger partial charge in [-0.2, -0.15) is 5.21 Å². The van der Waals surface area contributed by atoms with Crippen molar-refractivity contribution in [1.82, 2.24) is 41.1 Å². The van der Waals surface area contributed by atoms with Crippen LogP contribution in [0, 0.1) is 11.8 Å². The molecule has 3 amide bonds. The first-order chi connectivity index (χ1) is 25.4. The third-order valence-electron chi connectivity index (χ3n) is 8.98. The molecule has 14 nitrogen and oxygen atoms in total. The molecule has 2 heterocycles. The summed E-state index contributed by atoms with van der Waals surface area (Å²) in [7, 11) is 4.06. The van der Waals surface area contributed by atoms with E-state index in [-0.39, 0.29) is 30.1 Å². The largest absolute Gasteiger partial charge is 0.478 e. The summed E-state index contributed by atoms with van der Waals surface area (Å²) in [5.41, 5.74) is 3.49. The fourth-order valence-electron chi connectivity index (χ4n) is 6.19. The summed E-state index contributed by atoms with van der Waals surface area (Å²) >= 11 is 0. The lowest BCUT2D eigenvalue weighted by Crippen LogP contribution is -2.48. The number of hydrogen-bond acceptors (Lipinski definition) is 10. The number of anilines is 1. The molecule has 0 radical (unpaired) electrons. The maximum absolute atomic E-state index is 13.8. The number of aromatic nitrogens is 5. The van der Waals surface area contributed by atoms with Crippen molar-refractivity contribution >= 4 is 23.6 Å². The highest BCUT2D eigenvalue weighted by molar-refractivity contribution is 5.97.